The first-order valence-electron chi connectivity index (χ1n) is 12.0. The first-order chi connectivity index (χ1) is 15.9. The molecule has 4 aliphatic carbocycles. The molecule has 6 aliphatic rings. The van der Waals surface area contributed by atoms with Crippen molar-refractivity contribution >= 4 is 17.8 Å². The standard InChI is InChI=1S/C26H29NO6/c28-21-11-22-27(21)26(23(29)30,15-16-4-2-1-3-5-16)20(33-22)6-7-32-24(31)25-12-17-8-18(13-25)10-19(9-17)14-25/h1-6,17-19,22H,7-15H2,(H,29,30)/b20-6-/t17?,18?,19?,22-,25?,26-/m1/s1. The lowest BCUT2D eigenvalue weighted by Gasteiger charge is -2.55. The zero-order valence-electron chi connectivity index (χ0n) is 18.6. The fourth-order valence-electron chi connectivity index (χ4n) is 7.57. The summed E-state index contributed by atoms with van der Waals surface area (Å²) >= 11 is 0. The summed E-state index contributed by atoms with van der Waals surface area (Å²) < 4.78 is 11.6. The van der Waals surface area contributed by atoms with Crippen LogP contribution in [-0.2, 0) is 30.3 Å². The Bertz CT molecular complexity index is 997. The molecule has 7 rings (SSSR count). The fraction of sp³-hybridized carbons (Fsp3) is 0.577. The Morgan fingerprint density at radius 2 is 1.73 bits per heavy atom. The topological polar surface area (TPSA) is 93.1 Å². The zero-order valence-corrected chi connectivity index (χ0v) is 18.6. The summed E-state index contributed by atoms with van der Waals surface area (Å²) in [6, 6.07) is 9.22. The summed E-state index contributed by atoms with van der Waals surface area (Å²) in [4.78, 5) is 39.5. The van der Waals surface area contributed by atoms with Crippen molar-refractivity contribution < 1.29 is 29.0 Å². The van der Waals surface area contributed by atoms with Gasteiger partial charge in [-0.3, -0.25) is 14.5 Å². The van der Waals surface area contributed by atoms with Crippen molar-refractivity contribution in [2.75, 3.05) is 6.61 Å². The van der Waals surface area contributed by atoms with Gasteiger partial charge in [0.2, 0.25) is 11.4 Å². The highest BCUT2D eigenvalue weighted by Gasteiger charge is 2.64. The SMILES string of the molecule is O=C1C[C@H]2O/C(=C\COC(=O)C34CC5CC(CC(C5)C3)C4)[C@](Cc3ccccc3)(C(=O)O)N12. The average molecular weight is 452 g/mol. The van der Waals surface area contributed by atoms with Crippen molar-refractivity contribution in [1.29, 1.82) is 0 Å². The molecule has 0 unspecified atom stereocenters. The minimum Gasteiger partial charge on any atom is -0.479 e. The van der Waals surface area contributed by atoms with Gasteiger partial charge in [0.25, 0.3) is 0 Å². The number of β-lactam (4-membered cyclic amide) rings is 1. The Kier molecular flexibility index (Phi) is 4.61. The first-order valence-corrected chi connectivity index (χ1v) is 12.0. The van der Waals surface area contributed by atoms with Crippen molar-refractivity contribution in [3.63, 3.8) is 0 Å². The lowest BCUT2D eigenvalue weighted by molar-refractivity contribution is -0.170. The minimum absolute atomic E-state index is 0.0471. The molecule has 0 spiro atoms. The number of carboxylic acids is 1. The van der Waals surface area contributed by atoms with Crippen LogP contribution in [0.1, 0.15) is 50.5 Å². The van der Waals surface area contributed by atoms with E-state index in [2.05, 4.69) is 0 Å². The summed E-state index contributed by atoms with van der Waals surface area (Å²) in [5.41, 5.74) is -1.19. The molecule has 1 aromatic rings. The number of amides is 1. The van der Waals surface area contributed by atoms with Crippen LogP contribution < -0.4 is 0 Å². The Morgan fingerprint density at radius 3 is 2.30 bits per heavy atom. The van der Waals surface area contributed by atoms with Gasteiger partial charge in [-0.05, 0) is 67.9 Å². The van der Waals surface area contributed by atoms with Crippen LogP contribution in [0.15, 0.2) is 42.2 Å². The average Bonchev–Trinajstić information content (AvgIpc) is 3.01. The molecule has 4 saturated carbocycles. The number of esters is 1. The second kappa shape index (κ2) is 7.34. The third-order valence-electron chi connectivity index (χ3n) is 8.60. The molecule has 0 radical (unpaired) electrons. The van der Waals surface area contributed by atoms with Crippen LogP contribution in [0.5, 0.6) is 0 Å². The van der Waals surface area contributed by atoms with E-state index in [1.807, 2.05) is 30.3 Å². The highest BCUT2D eigenvalue weighted by Crippen LogP contribution is 2.60. The van der Waals surface area contributed by atoms with E-state index < -0.39 is 17.7 Å². The van der Waals surface area contributed by atoms with Gasteiger partial charge in [-0.2, -0.15) is 0 Å². The molecular formula is C26H29NO6. The maximum Gasteiger partial charge on any atom is 0.338 e. The molecule has 7 heteroatoms. The lowest BCUT2D eigenvalue weighted by atomic mass is 9.49. The molecule has 174 valence electrons. The molecule has 0 aromatic heterocycles. The van der Waals surface area contributed by atoms with E-state index in [1.54, 1.807) is 6.08 Å². The normalized spacial score (nSPS) is 39.2. The van der Waals surface area contributed by atoms with E-state index in [9.17, 15) is 19.5 Å². The van der Waals surface area contributed by atoms with Gasteiger partial charge in [0.05, 0.1) is 11.8 Å². The number of nitrogens with zero attached hydrogens (tertiary/aromatic N) is 1. The van der Waals surface area contributed by atoms with Crippen molar-refractivity contribution in [1.82, 2.24) is 4.90 Å². The second-order valence-corrected chi connectivity index (χ2v) is 10.7. The van der Waals surface area contributed by atoms with E-state index in [1.165, 1.54) is 24.2 Å². The molecular weight excluding hydrogens is 422 g/mol. The molecule has 4 bridgehead atoms. The number of rotatable bonds is 6. The van der Waals surface area contributed by atoms with E-state index in [-0.39, 0.29) is 42.5 Å². The molecule has 6 fully saturated rings. The zero-order chi connectivity index (χ0) is 22.8. The summed E-state index contributed by atoms with van der Waals surface area (Å²) in [6.07, 6.45) is 7.73. The van der Waals surface area contributed by atoms with Crippen LogP contribution in [0, 0.1) is 23.2 Å². The predicted octanol–water partition coefficient (Wildman–Crippen LogP) is 3.28. The van der Waals surface area contributed by atoms with E-state index in [0.717, 1.165) is 24.8 Å². The molecule has 2 atom stereocenters. The largest absolute Gasteiger partial charge is 0.479 e. The number of carbonyl (C=O) groups excluding carboxylic acids is 2. The van der Waals surface area contributed by atoms with Gasteiger partial charge in [-0.1, -0.05) is 30.3 Å². The number of aliphatic carboxylic acids is 1. The number of carboxylic acid groups (broad SMARTS) is 1. The summed E-state index contributed by atoms with van der Waals surface area (Å²) in [5, 5.41) is 10.3. The monoisotopic (exact) mass is 451 g/mol. The van der Waals surface area contributed by atoms with Crippen molar-refractivity contribution in [2.45, 2.75) is 63.1 Å². The van der Waals surface area contributed by atoms with E-state index >= 15 is 0 Å². The Morgan fingerprint density at radius 1 is 1.09 bits per heavy atom. The number of carbonyl (C=O) groups is 3. The minimum atomic E-state index is -1.62. The van der Waals surface area contributed by atoms with Crippen molar-refractivity contribution in [3.8, 4) is 0 Å². The number of benzene rings is 1. The van der Waals surface area contributed by atoms with Crippen LogP contribution >= 0.6 is 0 Å². The molecule has 1 amide bonds. The predicted molar refractivity (Wildman–Crippen MR) is 116 cm³/mol. The van der Waals surface area contributed by atoms with Gasteiger partial charge in [0.1, 0.15) is 12.4 Å². The smallest absolute Gasteiger partial charge is 0.338 e. The summed E-state index contributed by atoms with van der Waals surface area (Å²) in [7, 11) is 0. The van der Waals surface area contributed by atoms with E-state index in [0.29, 0.717) is 17.8 Å². The molecule has 2 saturated heterocycles. The molecule has 1 N–H and O–H groups in total. The Hall–Kier alpha value is -2.83. The number of ether oxygens (including phenoxy) is 2. The van der Waals surface area contributed by atoms with Gasteiger partial charge in [0.15, 0.2) is 6.23 Å². The van der Waals surface area contributed by atoms with Crippen LogP contribution in [-0.4, -0.2) is 46.2 Å². The number of hydrogen-bond acceptors (Lipinski definition) is 5. The van der Waals surface area contributed by atoms with Crippen LogP contribution in [0.25, 0.3) is 0 Å². The molecule has 7 nitrogen and oxygen atoms in total. The highest BCUT2D eigenvalue weighted by molar-refractivity contribution is 5.94. The van der Waals surface area contributed by atoms with Crippen molar-refractivity contribution in [2.24, 2.45) is 23.2 Å². The first kappa shape index (κ1) is 20.8. The maximum absolute atomic E-state index is 13.2. The Balaban J connectivity index is 1.23. The third kappa shape index (κ3) is 3.11. The molecule has 33 heavy (non-hydrogen) atoms. The van der Waals surface area contributed by atoms with Crippen molar-refractivity contribution in [3.05, 3.63) is 47.7 Å². The van der Waals surface area contributed by atoms with Gasteiger partial charge in [-0.25, -0.2) is 4.79 Å². The molecule has 2 aliphatic heterocycles. The fourth-order valence-corrected chi connectivity index (χ4v) is 7.57. The summed E-state index contributed by atoms with van der Waals surface area (Å²) in [6.45, 7) is -0.0471. The third-order valence-corrected chi connectivity index (χ3v) is 8.60. The lowest BCUT2D eigenvalue weighted by Crippen LogP contribution is -2.63. The quantitative estimate of drug-likeness (QED) is 0.527. The van der Waals surface area contributed by atoms with Gasteiger partial charge in [-0.15, -0.1) is 0 Å². The second-order valence-electron chi connectivity index (χ2n) is 10.7. The number of fused-ring (bicyclic) bond motifs is 1. The van der Waals surface area contributed by atoms with Gasteiger partial charge < -0.3 is 14.6 Å². The molecule has 1 aromatic carbocycles. The Labute approximate surface area is 192 Å². The van der Waals surface area contributed by atoms with Crippen LogP contribution in [0.2, 0.25) is 0 Å². The van der Waals surface area contributed by atoms with E-state index in [4.69, 9.17) is 9.47 Å². The maximum atomic E-state index is 13.2. The summed E-state index contributed by atoms with van der Waals surface area (Å²) in [5.74, 6) is 0.571. The molecule has 2 heterocycles. The van der Waals surface area contributed by atoms with Gasteiger partial charge in [0, 0.05) is 6.42 Å². The highest BCUT2D eigenvalue weighted by atomic mass is 16.5. The van der Waals surface area contributed by atoms with Crippen LogP contribution in [0.3, 0.4) is 0 Å². The van der Waals surface area contributed by atoms with Crippen LogP contribution in [0.4, 0.5) is 0 Å². The van der Waals surface area contributed by atoms with Gasteiger partial charge >= 0.3 is 11.9 Å². The number of hydrogen-bond donors (Lipinski definition) is 1.